The summed E-state index contributed by atoms with van der Waals surface area (Å²) >= 11 is 1.70. The zero-order valence-electron chi connectivity index (χ0n) is 8.96. The number of fused-ring (bicyclic) bond motifs is 1. The lowest BCUT2D eigenvalue weighted by Gasteiger charge is -2.48. The molecule has 1 saturated heterocycles. The van der Waals surface area contributed by atoms with Gasteiger partial charge in [-0.25, -0.2) is 4.79 Å². The van der Waals surface area contributed by atoms with E-state index >= 15 is 0 Å². The lowest BCUT2D eigenvalue weighted by molar-refractivity contribution is -0.150. The van der Waals surface area contributed by atoms with Crippen LogP contribution in [0.4, 0.5) is 0 Å². The van der Waals surface area contributed by atoms with E-state index in [0.29, 0.717) is 12.0 Å². The number of hydrogen-bond acceptors (Lipinski definition) is 4. The molecule has 2 N–H and O–H groups in total. The maximum atomic E-state index is 11.9. The van der Waals surface area contributed by atoms with E-state index in [4.69, 9.17) is 5.11 Å². The molecule has 0 spiro atoms. The molecule has 0 radical (unpaired) electrons. The summed E-state index contributed by atoms with van der Waals surface area (Å²) in [6.07, 6.45) is 0.348. The number of carboxylic acids is 1. The smallest absolute Gasteiger partial charge is 0.352 e. The van der Waals surface area contributed by atoms with Gasteiger partial charge in [0.25, 0.3) is 5.91 Å². The molecule has 0 aromatic carbocycles. The molecule has 2 aliphatic heterocycles. The van der Waals surface area contributed by atoms with Gasteiger partial charge >= 0.3 is 5.97 Å². The highest BCUT2D eigenvalue weighted by Crippen LogP contribution is 2.36. The number of amides is 2. The van der Waals surface area contributed by atoms with E-state index in [1.54, 1.807) is 0 Å². The van der Waals surface area contributed by atoms with Crippen LogP contribution in [0.5, 0.6) is 0 Å². The molecule has 0 aromatic heterocycles. The van der Waals surface area contributed by atoms with Crippen molar-refractivity contribution in [1.82, 2.24) is 10.2 Å². The van der Waals surface area contributed by atoms with Crippen molar-refractivity contribution >= 4 is 45.4 Å². The maximum Gasteiger partial charge on any atom is 0.352 e. The van der Waals surface area contributed by atoms with Crippen molar-refractivity contribution in [3.63, 3.8) is 0 Å². The van der Waals surface area contributed by atoms with Crippen molar-refractivity contribution in [2.45, 2.75) is 11.4 Å². The second-order valence-corrected chi connectivity index (χ2v) is 5.87. The molecule has 3 atom stereocenters. The Hall–Kier alpha value is -1.06. The summed E-state index contributed by atoms with van der Waals surface area (Å²) in [6, 6.07) is -0.894. The van der Waals surface area contributed by atoms with Gasteiger partial charge < -0.3 is 15.0 Å². The highest BCUT2D eigenvalue weighted by atomic mass is 79.9. The number of rotatable bonds is 4. The Morgan fingerprint density at radius 3 is 2.89 bits per heavy atom. The number of carbonyl (C=O) groups is 3. The van der Waals surface area contributed by atoms with Gasteiger partial charge in [-0.2, -0.15) is 0 Å². The normalized spacial score (nSPS) is 30.7. The van der Waals surface area contributed by atoms with E-state index in [-0.39, 0.29) is 16.8 Å². The largest absolute Gasteiger partial charge is 0.614 e. The molecule has 2 aliphatic rings. The van der Waals surface area contributed by atoms with Crippen LogP contribution in [-0.4, -0.2) is 55.3 Å². The quantitative estimate of drug-likeness (QED) is 0.289. The fraction of sp³-hybridized carbons (Fsp3) is 0.444. The Bertz CT molecular complexity index is 454. The minimum atomic E-state index is -1.42. The molecule has 1 fully saturated rings. The second-order valence-electron chi connectivity index (χ2n) is 3.78. The third-order valence-corrected chi connectivity index (χ3v) is 5.15. The van der Waals surface area contributed by atoms with Crippen molar-refractivity contribution in [3.8, 4) is 0 Å². The van der Waals surface area contributed by atoms with E-state index in [2.05, 4.69) is 21.2 Å². The number of carbonyl (C=O) groups excluding carboxylic acids is 2. The van der Waals surface area contributed by atoms with Gasteiger partial charge in [0.1, 0.15) is 11.4 Å². The van der Waals surface area contributed by atoms with Gasteiger partial charge in [-0.1, -0.05) is 15.9 Å². The van der Waals surface area contributed by atoms with Gasteiger partial charge in [-0.3, -0.25) is 14.5 Å². The van der Waals surface area contributed by atoms with Crippen LogP contribution in [0.15, 0.2) is 11.3 Å². The van der Waals surface area contributed by atoms with Crippen LogP contribution < -0.4 is 5.32 Å². The van der Waals surface area contributed by atoms with Crippen LogP contribution >= 0.6 is 15.9 Å². The van der Waals surface area contributed by atoms with Crippen molar-refractivity contribution < 1.29 is 24.0 Å². The van der Waals surface area contributed by atoms with Crippen LogP contribution in [0.1, 0.15) is 0 Å². The third-order valence-electron chi connectivity index (χ3n) is 2.82. The number of aliphatic carboxylic acids is 1. The summed E-state index contributed by atoms with van der Waals surface area (Å²) in [5.74, 6) is -1.70. The van der Waals surface area contributed by atoms with E-state index in [1.165, 1.54) is 0 Å². The Kier molecular flexibility index (Phi) is 3.64. The molecule has 9 heteroatoms. The summed E-state index contributed by atoms with van der Waals surface area (Å²) in [4.78, 5) is 34.3. The van der Waals surface area contributed by atoms with Gasteiger partial charge in [0.2, 0.25) is 11.8 Å². The third kappa shape index (κ3) is 1.82. The molecular weight excluding hydrogens is 328 g/mol. The number of halogens is 1. The minimum Gasteiger partial charge on any atom is -0.614 e. The molecule has 7 nitrogen and oxygen atoms in total. The van der Waals surface area contributed by atoms with Crippen LogP contribution in [-0.2, 0) is 25.6 Å². The number of nitrogens with one attached hydrogen (secondary N) is 1. The maximum absolute atomic E-state index is 11.9. The van der Waals surface area contributed by atoms with Gasteiger partial charge in [0, 0.05) is 10.9 Å². The summed E-state index contributed by atoms with van der Waals surface area (Å²) in [5, 5.41) is 10.8. The first-order valence-corrected chi connectivity index (χ1v) is 7.44. The molecule has 0 aliphatic carbocycles. The zero-order valence-corrected chi connectivity index (χ0v) is 11.4. The van der Waals surface area contributed by atoms with Crippen molar-refractivity contribution in [2.24, 2.45) is 0 Å². The molecule has 0 saturated carbocycles. The molecule has 2 rings (SSSR count). The first-order valence-electron chi connectivity index (χ1n) is 4.94. The van der Waals surface area contributed by atoms with Crippen molar-refractivity contribution in [1.29, 1.82) is 0 Å². The molecule has 2 amide bonds. The Morgan fingerprint density at radius 2 is 2.39 bits per heavy atom. The highest BCUT2D eigenvalue weighted by molar-refractivity contribution is 9.09. The average molecular weight is 337 g/mol. The van der Waals surface area contributed by atoms with Gasteiger partial charge in [-0.05, 0) is 11.2 Å². The minimum absolute atomic E-state index is 0.0817. The fourth-order valence-electron chi connectivity index (χ4n) is 2.05. The number of hydrogen-bond donors (Lipinski definition) is 2. The number of nitrogens with zero attached hydrogens (tertiary/aromatic N) is 1. The van der Waals surface area contributed by atoms with E-state index < -0.39 is 34.5 Å². The SMILES string of the molecule is O=CNC1C(=O)N2C(C(=O)O)=C(CBr)C[S+]([O-])[C@H]12. The average Bonchev–Trinajstić information content (AvgIpc) is 2.34. The number of carboxylic acid groups (broad SMARTS) is 1. The van der Waals surface area contributed by atoms with Crippen molar-refractivity contribution in [2.75, 3.05) is 11.1 Å². The molecule has 2 unspecified atom stereocenters. The number of β-lactam (4-membered cyclic amide) rings is 1. The Labute approximate surface area is 114 Å². The molecule has 0 aromatic rings. The highest BCUT2D eigenvalue weighted by Gasteiger charge is 2.60. The van der Waals surface area contributed by atoms with Crippen LogP contribution in [0.25, 0.3) is 0 Å². The van der Waals surface area contributed by atoms with E-state index in [0.717, 1.165) is 4.90 Å². The summed E-state index contributed by atoms with van der Waals surface area (Å²) < 4.78 is 11.9. The van der Waals surface area contributed by atoms with E-state index in [1.807, 2.05) is 0 Å². The summed E-state index contributed by atoms with van der Waals surface area (Å²) in [5.41, 5.74) is 0.278. The Morgan fingerprint density at radius 1 is 1.72 bits per heavy atom. The van der Waals surface area contributed by atoms with Crippen LogP contribution in [0.3, 0.4) is 0 Å². The lowest BCUT2D eigenvalue weighted by Crippen LogP contribution is -2.74. The second kappa shape index (κ2) is 4.90. The topological polar surface area (TPSA) is 110 Å². The fourth-order valence-corrected chi connectivity index (χ4v) is 4.47. The van der Waals surface area contributed by atoms with Gasteiger partial charge in [0.15, 0.2) is 6.04 Å². The summed E-state index contributed by atoms with van der Waals surface area (Å²) in [6.45, 7) is 0. The van der Waals surface area contributed by atoms with Crippen molar-refractivity contribution in [3.05, 3.63) is 11.3 Å². The van der Waals surface area contributed by atoms with E-state index in [9.17, 15) is 18.9 Å². The number of alkyl halides is 1. The predicted molar refractivity (Wildman–Crippen MR) is 65.1 cm³/mol. The predicted octanol–water partition coefficient (Wildman–Crippen LogP) is -1.23. The summed E-state index contributed by atoms with van der Waals surface area (Å²) in [7, 11) is 0. The van der Waals surface area contributed by atoms with Gasteiger partial charge in [-0.15, -0.1) is 0 Å². The molecule has 2 heterocycles. The van der Waals surface area contributed by atoms with Gasteiger partial charge in [0.05, 0.1) is 0 Å². The molecule has 0 bridgehead atoms. The lowest BCUT2D eigenvalue weighted by atomic mass is 10.0. The van der Waals surface area contributed by atoms with Crippen LogP contribution in [0, 0.1) is 0 Å². The van der Waals surface area contributed by atoms with Crippen LogP contribution in [0.2, 0.25) is 0 Å². The Balaban J connectivity index is 2.37. The standard InChI is InChI=1S/C9H9BrN2O5S/c10-1-4-2-18(17)8-5(11-3-13)7(14)12(8)6(4)9(15)16/h3,5,8H,1-2H2,(H,11,13)(H,15,16)/t5?,8-,18?/m1/s1. The first kappa shape index (κ1) is 13.4. The molecular formula is C9H9BrN2O5S. The first-order chi connectivity index (χ1) is 8.52. The zero-order chi connectivity index (χ0) is 13.4. The molecule has 98 valence electrons. The monoisotopic (exact) mass is 336 g/mol. The molecule has 18 heavy (non-hydrogen) atoms.